The molecule has 1 N–H and O–H groups in total. The minimum absolute atomic E-state index is 0.121. The van der Waals surface area contributed by atoms with Crippen molar-refractivity contribution in [2.24, 2.45) is 0 Å². The van der Waals surface area contributed by atoms with Crippen LogP contribution in [0.5, 0.6) is 5.75 Å². The molecule has 0 spiro atoms. The highest BCUT2D eigenvalue weighted by atomic mass is 79.9. The molecule has 20 heavy (non-hydrogen) atoms. The number of nitrogens with zero attached hydrogens (tertiary/aromatic N) is 3. The largest absolute Gasteiger partial charge is 0.507 e. The van der Waals surface area contributed by atoms with Gasteiger partial charge in [-0.25, -0.2) is 0 Å². The lowest BCUT2D eigenvalue weighted by molar-refractivity contribution is 0.431. The Morgan fingerprint density at radius 2 is 2.05 bits per heavy atom. The van der Waals surface area contributed by atoms with Gasteiger partial charge in [-0.1, -0.05) is 5.16 Å². The van der Waals surface area contributed by atoms with Crippen molar-refractivity contribution in [1.29, 1.82) is 0 Å². The van der Waals surface area contributed by atoms with E-state index < -0.39 is 0 Å². The quantitative estimate of drug-likeness (QED) is 0.777. The van der Waals surface area contributed by atoms with Crippen molar-refractivity contribution in [2.75, 3.05) is 0 Å². The first-order valence-corrected chi connectivity index (χ1v) is 6.68. The molecule has 0 aliphatic carbocycles. The van der Waals surface area contributed by atoms with Crippen LogP contribution in [0.25, 0.3) is 23.0 Å². The molecule has 0 amide bonds. The zero-order valence-corrected chi connectivity index (χ0v) is 12.1. The molecule has 3 aromatic rings. The van der Waals surface area contributed by atoms with Crippen LogP contribution in [0.4, 0.5) is 0 Å². The second-order valence-electron chi connectivity index (χ2n) is 4.31. The lowest BCUT2D eigenvalue weighted by Crippen LogP contribution is -1.86. The van der Waals surface area contributed by atoms with Gasteiger partial charge in [0, 0.05) is 11.8 Å². The van der Waals surface area contributed by atoms with Crippen LogP contribution in [0, 0.1) is 6.92 Å². The molecule has 2 heterocycles. The fourth-order valence-electron chi connectivity index (χ4n) is 1.75. The zero-order chi connectivity index (χ0) is 14.1. The van der Waals surface area contributed by atoms with Gasteiger partial charge in [0.05, 0.1) is 4.47 Å². The summed E-state index contributed by atoms with van der Waals surface area (Å²) in [5, 5.41) is 13.6. The molecule has 0 saturated heterocycles. The maximum Gasteiger partial charge on any atom is 0.258 e. The average Bonchev–Trinajstić information content (AvgIpc) is 2.92. The van der Waals surface area contributed by atoms with E-state index in [0.29, 0.717) is 27.4 Å². The highest BCUT2D eigenvalue weighted by molar-refractivity contribution is 9.10. The maximum absolute atomic E-state index is 9.67. The molecule has 0 atom stereocenters. The number of pyridine rings is 1. The molecule has 2 aromatic heterocycles. The van der Waals surface area contributed by atoms with Crippen LogP contribution in [0.2, 0.25) is 0 Å². The van der Waals surface area contributed by atoms with E-state index in [1.54, 1.807) is 24.4 Å². The predicted molar refractivity (Wildman–Crippen MR) is 77.1 cm³/mol. The van der Waals surface area contributed by atoms with Crippen LogP contribution < -0.4 is 0 Å². The zero-order valence-electron chi connectivity index (χ0n) is 10.5. The van der Waals surface area contributed by atoms with E-state index in [-0.39, 0.29) is 5.75 Å². The summed E-state index contributed by atoms with van der Waals surface area (Å²) in [6.45, 7) is 1.97. The summed E-state index contributed by atoms with van der Waals surface area (Å²) in [7, 11) is 0. The van der Waals surface area contributed by atoms with E-state index in [9.17, 15) is 5.11 Å². The normalized spacial score (nSPS) is 10.7. The molecule has 1 aromatic carbocycles. The Hall–Kier alpha value is -2.21. The standard InChI is InChI=1S/C14H10BrN3O2/c1-8-4-5-16-11(6-8)13-17-14(20-18-13)9-2-3-10(15)12(19)7-9/h2-7,19H,1H3. The Labute approximate surface area is 123 Å². The second kappa shape index (κ2) is 5.05. The highest BCUT2D eigenvalue weighted by Gasteiger charge is 2.12. The van der Waals surface area contributed by atoms with E-state index in [4.69, 9.17) is 4.52 Å². The van der Waals surface area contributed by atoms with E-state index in [1.165, 1.54) is 0 Å². The first-order chi connectivity index (χ1) is 9.63. The van der Waals surface area contributed by atoms with Gasteiger partial charge in [0.25, 0.3) is 5.89 Å². The number of aromatic nitrogens is 3. The molecule has 3 rings (SSSR count). The van der Waals surface area contributed by atoms with Gasteiger partial charge in [0.1, 0.15) is 11.4 Å². The Morgan fingerprint density at radius 3 is 2.80 bits per heavy atom. The summed E-state index contributed by atoms with van der Waals surface area (Å²) in [5.41, 5.74) is 2.38. The summed E-state index contributed by atoms with van der Waals surface area (Å²) < 4.78 is 5.82. The minimum Gasteiger partial charge on any atom is -0.507 e. The van der Waals surface area contributed by atoms with Crippen LogP contribution in [-0.2, 0) is 0 Å². The van der Waals surface area contributed by atoms with Crippen molar-refractivity contribution >= 4 is 15.9 Å². The monoisotopic (exact) mass is 331 g/mol. The van der Waals surface area contributed by atoms with Gasteiger partial charge in [-0.15, -0.1) is 0 Å². The molecule has 0 aliphatic rings. The Balaban J connectivity index is 1.99. The maximum atomic E-state index is 9.67. The number of aryl methyl sites for hydroxylation is 1. The second-order valence-corrected chi connectivity index (χ2v) is 5.16. The van der Waals surface area contributed by atoms with Crippen molar-refractivity contribution in [1.82, 2.24) is 15.1 Å². The molecule has 6 heteroatoms. The number of rotatable bonds is 2. The molecule has 5 nitrogen and oxygen atoms in total. The van der Waals surface area contributed by atoms with E-state index in [2.05, 4.69) is 31.1 Å². The number of aromatic hydroxyl groups is 1. The molecule has 0 fully saturated rings. The number of benzene rings is 1. The number of phenols is 1. The Morgan fingerprint density at radius 1 is 1.20 bits per heavy atom. The molecule has 0 unspecified atom stereocenters. The summed E-state index contributed by atoms with van der Waals surface area (Å²) in [4.78, 5) is 8.50. The highest BCUT2D eigenvalue weighted by Crippen LogP contribution is 2.29. The molecule has 0 aliphatic heterocycles. The number of hydrogen-bond acceptors (Lipinski definition) is 5. The molecular weight excluding hydrogens is 322 g/mol. The van der Waals surface area contributed by atoms with Crippen LogP contribution in [-0.4, -0.2) is 20.2 Å². The number of halogens is 1. The van der Waals surface area contributed by atoms with Crippen molar-refractivity contribution in [3.8, 4) is 28.7 Å². The number of phenolic OH excluding ortho intramolecular Hbond substituents is 1. The van der Waals surface area contributed by atoms with E-state index in [0.717, 1.165) is 5.56 Å². The third kappa shape index (κ3) is 2.42. The van der Waals surface area contributed by atoms with Crippen molar-refractivity contribution in [3.63, 3.8) is 0 Å². The average molecular weight is 332 g/mol. The predicted octanol–water partition coefficient (Wildman–Crippen LogP) is 3.58. The third-order valence-corrected chi connectivity index (χ3v) is 3.43. The molecule has 0 radical (unpaired) electrons. The third-order valence-electron chi connectivity index (χ3n) is 2.76. The van der Waals surface area contributed by atoms with Gasteiger partial charge in [-0.2, -0.15) is 4.98 Å². The number of hydrogen-bond donors (Lipinski definition) is 1. The fraction of sp³-hybridized carbons (Fsp3) is 0.0714. The van der Waals surface area contributed by atoms with Crippen molar-refractivity contribution in [3.05, 3.63) is 46.6 Å². The topological polar surface area (TPSA) is 72.0 Å². The molecule has 100 valence electrons. The van der Waals surface area contributed by atoms with Gasteiger partial charge < -0.3 is 9.63 Å². The van der Waals surface area contributed by atoms with Gasteiger partial charge in [0.15, 0.2) is 0 Å². The lowest BCUT2D eigenvalue weighted by atomic mass is 10.2. The summed E-state index contributed by atoms with van der Waals surface area (Å²) in [6.07, 6.45) is 1.70. The van der Waals surface area contributed by atoms with Crippen molar-refractivity contribution < 1.29 is 9.63 Å². The van der Waals surface area contributed by atoms with Crippen LogP contribution in [0.3, 0.4) is 0 Å². The van der Waals surface area contributed by atoms with Crippen LogP contribution >= 0.6 is 15.9 Å². The van der Waals surface area contributed by atoms with Crippen LogP contribution in [0.15, 0.2) is 45.5 Å². The van der Waals surface area contributed by atoms with Gasteiger partial charge in [-0.05, 0) is 58.7 Å². The van der Waals surface area contributed by atoms with Gasteiger partial charge in [0.2, 0.25) is 5.82 Å². The van der Waals surface area contributed by atoms with E-state index >= 15 is 0 Å². The first-order valence-electron chi connectivity index (χ1n) is 5.89. The van der Waals surface area contributed by atoms with Crippen LogP contribution in [0.1, 0.15) is 5.56 Å². The SMILES string of the molecule is Cc1ccnc(-c2noc(-c3ccc(Br)c(O)c3)n2)c1. The smallest absolute Gasteiger partial charge is 0.258 e. The van der Waals surface area contributed by atoms with Crippen molar-refractivity contribution in [2.45, 2.75) is 6.92 Å². The molecule has 0 saturated carbocycles. The molecule has 0 bridgehead atoms. The van der Waals surface area contributed by atoms with Gasteiger partial charge in [-0.3, -0.25) is 4.98 Å². The minimum atomic E-state index is 0.121. The Kier molecular flexibility index (Phi) is 3.23. The Bertz CT molecular complexity index is 771. The first kappa shape index (κ1) is 12.8. The lowest BCUT2D eigenvalue weighted by Gasteiger charge is -1.98. The molecular formula is C14H10BrN3O2. The summed E-state index contributed by atoms with van der Waals surface area (Å²) in [5.74, 6) is 0.883. The van der Waals surface area contributed by atoms with Gasteiger partial charge >= 0.3 is 0 Å². The summed E-state index contributed by atoms with van der Waals surface area (Å²) >= 11 is 3.23. The summed E-state index contributed by atoms with van der Waals surface area (Å²) in [6, 6.07) is 8.85. The van der Waals surface area contributed by atoms with E-state index in [1.807, 2.05) is 19.1 Å². The fourth-order valence-corrected chi connectivity index (χ4v) is 2.00.